The fraction of sp³-hybridized carbons (Fsp3) is 0.650. The Morgan fingerprint density at radius 1 is 1.11 bits per heavy atom. The van der Waals surface area contributed by atoms with Crippen molar-refractivity contribution in [3.8, 4) is 11.5 Å². The van der Waals surface area contributed by atoms with Crippen molar-refractivity contribution in [1.82, 2.24) is 9.62 Å². The van der Waals surface area contributed by atoms with E-state index in [4.69, 9.17) is 9.47 Å². The molecule has 0 aromatic heterocycles. The van der Waals surface area contributed by atoms with Crippen molar-refractivity contribution in [1.29, 1.82) is 0 Å². The Bertz CT molecular complexity index is 829. The highest BCUT2D eigenvalue weighted by atomic mass is 32.2. The van der Waals surface area contributed by atoms with Gasteiger partial charge in [0.25, 0.3) is 0 Å². The first kappa shape index (κ1) is 19.5. The van der Waals surface area contributed by atoms with Crippen LogP contribution in [0.5, 0.6) is 11.5 Å². The van der Waals surface area contributed by atoms with Crippen molar-refractivity contribution in [3.63, 3.8) is 0 Å². The molecule has 3 aliphatic rings. The van der Waals surface area contributed by atoms with Crippen LogP contribution >= 0.6 is 0 Å². The summed E-state index contributed by atoms with van der Waals surface area (Å²) < 4.78 is 38.7. The molecule has 8 heteroatoms. The fourth-order valence-electron chi connectivity index (χ4n) is 3.87. The van der Waals surface area contributed by atoms with Crippen LogP contribution in [0.15, 0.2) is 23.1 Å². The number of carbonyl (C=O) groups is 1. The van der Waals surface area contributed by atoms with E-state index in [2.05, 4.69) is 12.2 Å². The summed E-state index contributed by atoms with van der Waals surface area (Å²) in [6.45, 7) is 3.84. The third-order valence-corrected chi connectivity index (χ3v) is 7.78. The summed E-state index contributed by atoms with van der Waals surface area (Å²) in [5.41, 5.74) is 0. The fourth-order valence-corrected chi connectivity index (χ4v) is 5.35. The summed E-state index contributed by atoms with van der Waals surface area (Å²) in [4.78, 5) is 12.7. The zero-order chi connectivity index (χ0) is 19.7. The number of nitrogens with zero attached hydrogens (tertiary/aromatic N) is 1. The minimum absolute atomic E-state index is 0.0621. The van der Waals surface area contributed by atoms with Crippen LogP contribution in [0.2, 0.25) is 0 Å². The molecule has 0 bridgehead atoms. The molecule has 4 rings (SSSR count). The van der Waals surface area contributed by atoms with Crippen LogP contribution in [-0.2, 0) is 14.8 Å². The molecule has 28 heavy (non-hydrogen) atoms. The number of benzene rings is 1. The molecule has 2 fully saturated rings. The average Bonchev–Trinajstić information content (AvgIpc) is 3.54. The Balaban J connectivity index is 1.39. The molecule has 1 aromatic rings. The molecule has 1 saturated heterocycles. The molecule has 0 unspecified atom stereocenters. The monoisotopic (exact) mass is 408 g/mol. The minimum Gasteiger partial charge on any atom is -0.490 e. The van der Waals surface area contributed by atoms with Gasteiger partial charge in [-0.1, -0.05) is 0 Å². The molecule has 1 aromatic carbocycles. The smallest absolute Gasteiger partial charge is 0.243 e. The number of nitrogens with one attached hydrogen (secondary N) is 1. The summed E-state index contributed by atoms with van der Waals surface area (Å²) in [5, 5.41) is 3.10. The number of ether oxygens (including phenoxy) is 2. The summed E-state index contributed by atoms with van der Waals surface area (Å²) in [7, 11) is -3.62. The molecule has 0 spiro atoms. The number of rotatable bonds is 5. The van der Waals surface area contributed by atoms with E-state index in [0.717, 1.165) is 6.42 Å². The van der Waals surface area contributed by atoms with Crippen LogP contribution in [-0.4, -0.2) is 51.0 Å². The number of sulfonamides is 1. The van der Waals surface area contributed by atoms with Gasteiger partial charge in [-0.25, -0.2) is 8.42 Å². The van der Waals surface area contributed by atoms with E-state index in [1.165, 1.54) is 17.1 Å². The number of amides is 1. The minimum atomic E-state index is -3.62. The van der Waals surface area contributed by atoms with Gasteiger partial charge in [-0.15, -0.1) is 0 Å². The van der Waals surface area contributed by atoms with Gasteiger partial charge in [-0.3, -0.25) is 4.79 Å². The third-order valence-electron chi connectivity index (χ3n) is 5.88. The second kappa shape index (κ2) is 7.91. The molecule has 1 aliphatic carbocycles. The van der Waals surface area contributed by atoms with E-state index in [9.17, 15) is 13.2 Å². The number of fused-ring (bicyclic) bond motifs is 1. The number of piperidine rings is 1. The van der Waals surface area contributed by atoms with Crippen molar-refractivity contribution >= 4 is 15.9 Å². The number of carbonyl (C=O) groups excluding carboxylic acids is 1. The zero-order valence-electron chi connectivity index (χ0n) is 16.2. The average molecular weight is 409 g/mol. The van der Waals surface area contributed by atoms with Crippen molar-refractivity contribution in [2.75, 3.05) is 26.3 Å². The molecule has 1 amide bonds. The Labute approximate surface area is 166 Å². The molecule has 2 heterocycles. The van der Waals surface area contributed by atoms with Crippen LogP contribution < -0.4 is 14.8 Å². The molecular weight excluding hydrogens is 380 g/mol. The maximum absolute atomic E-state index is 13.0. The van der Waals surface area contributed by atoms with Gasteiger partial charge in [0.2, 0.25) is 15.9 Å². The molecule has 1 atom stereocenters. The second-order valence-electron chi connectivity index (χ2n) is 7.97. The van der Waals surface area contributed by atoms with E-state index in [0.29, 0.717) is 56.6 Å². The van der Waals surface area contributed by atoms with Gasteiger partial charge in [0, 0.05) is 37.5 Å². The predicted molar refractivity (Wildman–Crippen MR) is 104 cm³/mol. The van der Waals surface area contributed by atoms with E-state index < -0.39 is 10.0 Å². The first-order valence-corrected chi connectivity index (χ1v) is 11.6. The van der Waals surface area contributed by atoms with Gasteiger partial charge in [-0.2, -0.15) is 4.31 Å². The van der Waals surface area contributed by atoms with Crippen molar-refractivity contribution in [3.05, 3.63) is 18.2 Å². The molecule has 2 aliphatic heterocycles. The van der Waals surface area contributed by atoms with E-state index in [1.54, 1.807) is 18.2 Å². The molecule has 154 valence electrons. The van der Waals surface area contributed by atoms with Crippen molar-refractivity contribution in [2.45, 2.75) is 50.0 Å². The zero-order valence-corrected chi connectivity index (χ0v) is 17.0. The lowest BCUT2D eigenvalue weighted by Crippen LogP contribution is -2.45. The Morgan fingerprint density at radius 3 is 2.46 bits per heavy atom. The molecule has 1 saturated carbocycles. The van der Waals surface area contributed by atoms with E-state index >= 15 is 0 Å². The molecule has 7 nitrogen and oxygen atoms in total. The Kier molecular flexibility index (Phi) is 5.51. The largest absolute Gasteiger partial charge is 0.490 e. The third kappa shape index (κ3) is 4.12. The highest BCUT2D eigenvalue weighted by molar-refractivity contribution is 7.89. The SMILES string of the molecule is C[C@@H](NC(=O)C1CCN(S(=O)(=O)c2ccc3c(c2)OCCCO3)CC1)C1CC1. The number of hydrogen-bond acceptors (Lipinski definition) is 5. The maximum Gasteiger partial charge on any atom is 0.243 e. The van der Waals surface area contributed by atoms with Crippen molar-refractivity contribution < 1.29 is 22.7 Å². The van der Waals surface area contributed by atoms with Gasteiger partial charge in [0.05, 0.1) is 18.1 Å². The normalized spacial score (nSPS) is 22.3. The van der Waals surface area contributed by atoms with Gasteiger partial charge in [-0.05, 0) is 50.7 Å². The van der Waals surface area contributed by atoms with Crippen LogP contribution in [0.25, 0.3) is 0 Å². The van der Waals surface area contributed by atoms with Crippen LogP contribution in [0.1, 0.15) is 39.0 Å². The quantitative estimate of drug-likeness (QED) is 0.807. The van der Waals surface area contributed by atoms with Gasteiger partial charge in [0.1, 0.15) is 0 Å². The summed E-state index contributed by atoms with van der Waals surface area (Å²) in [6.07, 6.45) is 4.24. The van der Waals surface area contributed by atoms with Gasteiger partial charge < -0.3 is 14.8 Å². The summed E-state index contributed by atoms with van der Waals surface area (Å²) >= 11 is 0. The topological polar surface area (TPSA) is 84.9 Å². The lowest BCUT2D eigenvalue weighted by molar-refractivity contribution is -0.126. The Morgan fingerprint density at radius 2 is 1.79 bits per heavy atom. The standard InChI is InChI=1S/C20H28N2O5S/c1-14(15-3-4-15)21-20(23)16-7-9-22(10-8-16)28(24,25)17-5-6-18-19(13-17)27-12-2-11-26-18/h5-6,13-16H,2-4,7-12H2,1H3,(H,21,23)/t14-/m1/s1. The van der Waals surface area contributed by atoms with Crippen LogP contribution in [0.4, 0.5) is 0 Å². The highest BCUT2D eigenvalue weighted by Crippen LogP contribution is 2.34. The van der Waals surface area contributed by atoms with Crippen molar-refractivity contribution in [2.24, 2.45) is 11.8 Å². The molecular formula is C20H28N2O5S. The summed E-state index contributed by atoms with van der Waals surface area (Å²) in [6, 6.07) is 4.99. The van der Waals surface area contributed by atoms with E-state index in [1.807, 2.05) is 0 Å². The van der Waals surface area contributed by atoms with E-state index in [-0.39, 0.29) is 22.8 Å². The predicted octanol–water partition coefficient (Wildman–Crippen LogP) is 2.16. The second-order valence-corrected chi connectivity index (χ2v) is 9.91. The first-order valence-electron chi connectivity index (χ1n) is 10.2. The maximum atomic E-state index is 13.0. The van der Waals surface area contributed by atoms with Crippen LogP contribution in [0, 0.1) is 11.8 Å². The molecule has 0 radical (unpaired) electrons. The first-order chi connectivity index (χ1) is 13.4. The highest BCUT2D eigenvalue weighted by Gasteiger charge is 2.35. The number of hydrogen-bond donors (Lipinski definition) is 1. The van der Waals surface area contributed by atoms with Gasteiger partial charge in [0.15, 0.2) is 11.5 Å². The van der Waals surface area contributed by atoms with Gasteiger partial charge >= 0.3 is 0 Å². The molecule has 1 N–H and O–H groups in total. The lowest BCUT2D eigenvalue weighted by atomic mass is 9.96. The summed E-state index contributed by atoms with van der Waals surface area (Å²) in [5.74, 6) is 1.62. The Hall–Kier alpha value is -1.80. The lowest BCUT2D eigenvalue weighted by Gasteiger charge is -2.31. The van der Waals surface area contributed by atoms with Crippen LogP contribution in [0.3, 0.4) is 0 Å².